The summed E-state index contributed by atoms with van der Waals surface area (Å²) in [7, 11) is 1.55. The number of amides is 1. The van der Waals surface area contributed by atoms with Gasteiger partial charge in [-0.15, -0.1) is 12.3 Å². The summed E-state index contributed by atoms with van der Waals surface area (Å²) in [6.07, 6.45) is 7.98. The summed E-state index contributed by atoms with van der Waals surface area (Å²) in [5.41, 5.74) is 6.93. The summed E-state index contributed by atoms with van der Waals surface area (Å²) >= 11 is 0. The lowest BCUT2D eigenvalue weighted by Gasteiger charge is -2.08. The van der Waals surface area contributed by atoms with Crippen LogP contribution in [0.3, 0.4) is 0 Å². The number of nitrogens with two attached hydrogens (primary N) is 1. The van der Waals surface area contributed by atoms with Gasteiger partial charge in [-0.2, -0.15) is 0 Å². The van der Waals surface area contributed by atoms with E-state index in [4.69, 9.17) is 16.9 Å². The molecule has 0 aliphatic carbocycles. The van der Waals surface area contributed by atoms with Gasteiger partial charge in [0, 0.05) is 18.5 Å². The number of nitrogen functional groups attached to an aromatic ring is 1. The van der Waals surface area contributed by atoms with E-state index in [0.29, 0.717) is 30.0 Å². The monoisotopic (exact) mass is 246 g/mol. The number of unbranched alkanes of at least 4 members (excludes halogenated alkanes) is 2. The van der Waals surface area contributed by atoms with E-state index in [9.17, 15) is 4.79 Å². The fraction of sp³-hybridized carbons (Fsp3) is 0.357. The summed E-state index contributed by atoms with van der Waals surface area (Å²) in [4.78, 5) is 11.6. The Balaban J connectivity index is 2.45. The van der Waals surface area contributed by atoms with Crippen LogP contribution in [0.25, 0.3) is 0 Å². The molecule has 4 nitrogen and oxygen atoms in total. The van der Waals surface area contributed by atoms with E-state index in [1.54, 1.807) is 25.3 Å². The van der Waals surface area contributed by atoms with Gasteiger partial charge in [0.1, 0.15) is 5.75 Å². The van der Waals surface area contributed by atoms with Crippen LogP contribution in [0.4, 0.5) is 11.4 Å². The quantitative estimate of drug-likeness (QED) is 0.460. The van der Waals surface area contributed by atoms with Crippen LogP contribution >= 0.6 is 0 Å². The molecule has 96 valence electrons. The summed E-state index contributed by atoms with van der Waals surface area (Å²) in [6, 6.07) is 5.16. The van der Waals surface area contributed by atoms with Crippen LogP contribution in [-0.4, -0.2) is 13.0 Å². The van der Waals surface area contributed by atoms with Crippen LogP contribution in [0.1, 0.15) is 25.7 Å². The molecule has 0 radical (unpaired) electrons. The minimum atomic E-state index is -0.0309. The van der Waals surface area contributed by atoms with Crippen molar-refractivity contribution in [2.75, 3.05) is 18.2 Å². The van der Waals surface area contributed by atoms with Gasteiger partial charge in [0.15, 0.2) is 0 Å². The van der Waals surface area contributed by atoms with Crippen molar-refractivity contribution >= 4 is 17.3 Å². The molecule has 0 unspecified atom stereocenters. The first kappa shape index (κ1) is 13.9. The van der Waals surface area contributed by atoms with E-state index in [0.717, 1.165) is 12.8 Å². The molecular weight excluding hydrogens is 228 g/mol. The molecule has 0 bridgehead atoms. The number of ether oxygens (including phenoxy) is 1. The number of carbonyl (C=O) groups excluding carboxylic acids is 1. The van der Waals surface area contributed by atoms with Gasteiger partial charge in [-0.05, 0) is 31.0 Å². The Morgan fingerprint density at radius 2 is 2.28 bits per heavy atom. The molecule has 1 aromatic carbocycles. The molecule has 1 amide bonds. The Morgan fingerprint density at radius 3 is 2.89 bits per heavy atom. The second-order valence-electron chi connectivity index (χ2n) is 3.92. The number of carbonyl (C=O) groups is 1. The summed E-state index contributed by atoms with van der Waals surface area (Å²) in [5, 5.41) is 2.78. The number of methoxy groups -OCH3 is 1. The number of hydrogen-bond acceptors (Lipinski definition) is 3. The van der Waals surface area contributed by atoms with Crippen molar-refractivity contribution in [3.05, 3.63) is 18.2 Å². The van der Waals surface area contributed by atoms with Crippen LogP contribution in [0.2, 0.25) is 0 Å². The van der Waals surface area contributed by atoms with Gasteiger partial charge < -0.3 is 15.8 Å². The average Bonchev–Trinajstić information content (AvgIpc) is 2.35. The standard InChI is InChI=1S/C14H18N2O2/c1-3-4-5-6-7-14(17)16-11-8-9-13(18-2)12(15)10-11/h1,8-10H,4-7,15H2,2H3,(H,16,17). The van der Waals surface area contributed by atoms with E-state index in [1.165, 1.54) is 0 Å². The molecule has 1 rings (SSSR count). The maximum Gasteiger partial charge on any atom is 0.224 e. The van der Waals surface area contributed by atoms with Gasteiger partial charge in [0.2, 0.25) is 5.91 Å². The summed E-state index contributed by atoms with van der Waals surface area (Å²) in [5.74, 6) is 3.12. The van der Waals surface area contributed by atoms with Crippen LogP contribution in [0.5, 0.6) is 5.75 Å². The largest absolute Gasteiger partial charge is 0.495 e. The third-order valence-electron chi connectivity index (χ3n) is 2.49. The van der Waals surface area contributed by atoms with Crippen LogP contribution < -0.4 is 15.8 Å². The minimum Gasteiger partial charge on any atom is -0.495 e. The molecular formula is C14H18N2O2. The lowest BCUT2D eigenvalue weighted by molar-refractivity contribution is -0.116. The van der Waals surface area contributed by atoms with Crippen LogP contribution in [0, 0.1) is 12.3 Å². The summed E-state index contributed by atoms with van der Waals surface area (Å²) in [6.45, 7) is 0. The van der Waals surface area contributed by atoms with Crippen molar-refractivity contribution in [2.24, 2.45) is 0 Å². The number of benzene rings is 1. The van der Waals surface area contributed by atoms with Crippen LogP contribution in [-0.2, 0) is 4.79 Å². The first-order valence-electron chi connectivity index (χ1n) is 5.84. The molecule has 0 fully saturated rings. The molecule has 0 aliphatic rings. The predicted octanol–water partition coefficient (Wildman–Crippen LogP) is 2.41. The highest BCUT2D eigenvalue weighted by Gasteiger charge is 2.04. The highest BCUT2D eigenvalue weighted by atomic mass is 16.5. The molecule has 0 aliphatic heterocycles. The molecule has 18 heavy (non-hydrogen) atoms. The van der Waals surface area contributed by atoms with E-state index in [2.05, 4.69) is 11.2 Å². The second kappa shape index (κ2) is 7.23. The van der Waals surface area contributed by atoms with E-state index < -0.39 is 0 Å². The molecule has 0 aromatic heterocycles. The van der Waals surface area contributed by atoms with Gasteiger partial charge in [-0.3, -0.25) is 4.79 Å². The zero-order chi connectivity index (χ0) is 13.4. The highest BCUT2D eigenvalue weighted by Crippen LogP contribution is 2.24. The zero-order valence-corrected chi connectivity index (χ0v) is 10.5. The number of hydrogen-bond donors (Lipinski definition) is 2. The topological polar surface area (TPSA) is 64.3 Å². The Labute approximate surface area is 108 Å². The molecule has 0 saturated carbocycles. The molecule has 3 N–H and O–H groups in total. The van der Waals surface area contributed by atoms with E-state index in [1.807, 2.05) is 0 Å². The smallest absolute Gasteiger partial charge is 0.224 e. The molecule has 4 heteroatoms. The van der Waals surface area contributed by atoms with Crippen molar-refractivity contribution < 1.29 is 9.53 Å². The highest BCUT2D eigenvalue weighted by molar-refractivity contribution is 5.91. The van der Waals surface area contributed by atoms with Crippen molar-refractivity contribution in [1.82, 2.24) is 0 Å². The summed E-state index contributed by atoms with van der Waals surface area (Å²) < 4.78 is 5.04. The molecule has 1 aromatic rings. The lowest BCUT2D eigenvalue weighted by atomic mass is 10.2. The van der Waals surface area contributed by atoms with E-state index >= 15 is 0 Å². The lowest BCUT2D eigenvalue weighted by Crippen LogP contribution is -2.11. The van der Waals surface area contributed by atoms with Crippen LogP contribution in [0.15, 0.2) is 18.2 Å². The zero-order valence-electron chi connectivity index (χ0n) is 10.5. The van der Waals surface area contributed by atoms with Gasteiger partial charge in [0.05, 0.1) is 12.8 Å². The molecule has 0 spiro atoms. The van der Waals surface area contributed by atoms with Gasteiger partial charge in [-0.25, -0.2) is 0 Å². The van der Waals surface area contributed by atoms with E-state index in [-0.39, 0.29) is 5.91 Å². The maximum atomic E-state index is 11.6. The predicted molar refractivity (Wildman–Crippen MR) is 73.3 cm³/mol. The third kappa shape index (κ3) is 4.38. The van der Waals surface area contributed by atoms with Gasteiger partial charge in [0.25, 0.3) is 0 Å². The first-order chi connectivity index (χ1) is 8.67. The van der Waals surface area contributed by atoms with Gasteiger partial charge >= 0.3 is 0 Å². The fourth-order valence-electron chi connectivity index (χ4n) is 1.55. The van der Waals surface area contributed by atoms with Crippen molar-refractivity contribution in [3.63, 3.8) is 0 Å². The number of rotatable bonds is 6. The minimum absolute atomic E-state index is 0.0309. The second-order valence-corrected chi connectivity index (χ2v) is 3.92. The number of nitrogens with one attached hydrogen (secondary N) is 1. The third-order valence-corrected chi connectivity index (χ3v) is 2.49. The maximum absolute atomic E-state index is 11.6. The van der Waals surface area contributed by atoms with Gasteiger partial charge in [-0.1, -0.05) is 0 Å². The Bertz CT molecular complexity index is 450. The Kier molecular flexibility index (Phi) is 5.59. The molecule has 0 heterocycles. The normalized spacial score (nSPS) is 9.56. The SMILES string of the molecule is C#CCCCCC(=O)Nc1ccc(OC)c(N)c1. The van der Waals surface area contributed by atoms with Crippen molar-refractivity contribution in [3.8, 4) is 18.1 Å². The molecule has 0 saturated heterocycles. The number of terminal acetylenes is 1. The Morgan fingerprint density at radius 1 is 1.50 bits per heavy atom. The van der Waals surface area contributed by atoms with Crippen molar-refractivity contribution in [2.45, 2.75) is 25.7 Å². The first-order valence-corrected chi connectivity index (χ1v) is 5.84. The van der Waals surface area contributed by atoms with Crippen molar-refractivity contribution in [1.29, 1.82) is 0 Å². The number of anilines is 2. The molecule has 0 atom stereocenters. The fourth-order valence-corrected chi connectivity index (χ4v) is 1.55. The Hall–Kier alpha value is -2.15. The average molecular weight is 246 g/mol.